The highest BCUT2D eigenvalue weighted by atomic mass is 32.2. The van der Waals surface area contributed by atoms with E-state index in [0.29, 0.717) is 17.5 Å². The van der Waals surface area contributed by atoms with E-state index in [1.54, 1.807) is 22.6 Å². The van der Waals surface area contributed by atoms with Crippen molar-refractivity contribution in [2.75, 3.05) is 5.75 Å². The minimum absolute atomic E-state index is 0.0780. The van der Waals surface area contributed by atoms with Gasteiger partial charge in [0, 0.05) is 12.3 Å². The summed E-state index contributed by atoms with van der Waals surface area (Å²) in [6, 6.07) is 7.54. The number of thioether (sulfide) groups is 1. The van der Waals surface area contributed by atoms with Crippen molar-refractivity contribution in [1.29, 1.82) is 0 Å². The highest BCUT2D eigenvalue weighted by molar-refractivity contribution is 7.99. The molecular formula is C18H17N5O2S2. The van der Waals surface area contributed by atoms with Gasteiger partial charge in [0.2, 0.25) is 5.16 Å². The third kappa shape index (κ3) is 3.44. The lowest BCUT2D eigenvalue weighted by Gasteiger charge is -2.19. The molecule has 138 valence electrons. The first kappa shape index (κ1) is 16.8. The number of thiophene rings is 1. The van der Waals surface area contributed by atoms with E-state index in [1.807, 2.05) is 29.6 Å². The summed E-state index contributed by atoms with van der Waals surface area (Å²) in [5.41, 5.74) is 0.915. The second-order valence-corrected chi connectivity index (χ2v) is 8.45. The van der Waals surface area contributed by atoms with E-state index in [1.165, 1.54) is 11.8 Å². The molecule has 1 aliphatic heterocycles. The molecule has 1 fully saturated rings. The van der Waals surface area contributed by atoms with Gasteiger partial charge >= 0.3 is 0 Å². The molecule has 7 nitrogen and oxygen atoms in total. The molecule has 1 saturated carbocycles. The van der Waals surface area contributed by atoms with Crippen LogP contribution in [0.2, 0.25) is 0 Å². The lowest BCUT2D eigenvalue weighted by molar-refractivity contribution is -0.130. The van der Waals surface area contributed by atoms with Crippen LogP contribution in [0.5, 0.6) is 0 Å². The molecule has 1 N–H and O–H groups in total. The van der Waals surface area contributed by atoms with Crippen LogP contribution in [-0.4, -0.2) is 37.6 Å². The van der Waals surface area contributed by atoms with Gasteiger partial charge in [-0.15, -0.1) is 16.4 Å². The Morgan fingerprint density at radius 3 is 3.04 bits per heavy atom. The van der Waals surface area contributed by atoms with Crippen LogP contribution in [0.4, 0.5) is 0 Å². The smallest absolute Gasteiger partial charge is 0.253 e. The van der Waals surface area contributed by atoms with Crippen molar-refractivity contribution in [3.05, 3.63) is 52.4 Å². The van der Waals surface area contributed by atoms with E-state index in [4.69, 9.17) is 4.42 Å². The number of hydrogen-bond donors (Lipinski definition) is 1. The van der Waals surface area contributed by atoms with Gasteiger partial charge in [-0.3, -0.25) is 9.89 Å². The fourth-order valence-electron chi connectivity index (χ4n) is 3.09. The van der Waals surface area contributed by atoms with Gasteiger partial charge in [-0.2, -0.15) is 5.10 Å². The molecule has 0 aromatic carbocycles. The number of H-pyrrole nitrogens is 1. The topological polar surface area (TPSA) is 87.4 Å². The van der Waals surface area contributed by atoms with E-state index in [2.05, 4.69) is 20.3 Å². The largest absolute Gasteiger partial charge is 0.467 e. The Labute approximate surface area is 163 Å². The lowest BCUT2D eigenvalue weighted by atomic mass is 10.1. The van der Waals surface area contributed by atoms with E-state index in [-0.39, 0.29) is 17.7 Å². The molecule has 5 rings (SSSR count). The number of nitrogens with one attached hydrogen (secondary N) is 1. The molecule has 1 aliphatic carbocycles. The molecule has 3 aromatic rings. The summed E-state index contributed by atoms with van der Waals surface area (Å²) in [7, 11) is 0. The Kier molecular flexibility index (Phi) is 4.33. The van der Waals surface area contributed by atoms with Crippen LogP contribution in [0.3, 0.4) is 0 Å². The summed E-state index contributed by atoms with van der Waals surface area (Å²) in [5.74, 6) is 2.35. The van der Waals surface area contributed by atoms with E-state index >= 15 is 0 Å². The first-order valence-corrected chi connectivity index (χ1v) is 10.7. The first-order valence-electron chi connectivity index (χ1n) is 8.80. The number of rotatable bonds is 6. The van der Waals surface area contributed by atoms with Crippen LogP contribution in [0.15, 0.2) is 50.6 Å². The van der Waals surface area contributed by atoms with Crippen LogP contribution in [-0.2, 0) is 4.79 Å². The van der Waals surface area contributed by atoms with E-state index in [9.17, 15) is 4.79 Å². The number of hydrogen-bond acceptors (Lipinski definition) is 7. The number of aromatic nitrogens is 3. The summed E-state index contributed by atoms with van der Waals surface area (Å²) in [6.45, 7) is 0. The molecule has 0 bridgehead atoms. The summed E-state index contributed by atoms with van der Waals surface area (Å²) < 4.78 is 5.56. The molecule has 3 aromatic heterocycles. The Balaban J connectivity index is 1.32. The Bertz CT molecular complexity index is 960. The van der Waals surface area contributed by atoms with Gasteiger partial charge in [0.1, 0.15) is 17.6 Å². The Hall–Kier alpha value is -2.39. The van der Waals surface area contributed by atoms with E-state index < -0.39 is 0 Å². The number of aromatic amines is 1. The van der Waals surface area contributed by atoms with Crippen molar-refractivity contribution in [2.24, 2.45) is 5.10 Å². The molecule has 9 heteroatoms. The third-order valence-electron chi connectivity index (χ3n) is 4.61. The summed E-state index contributed by atoms with van der Waals surface area (Å²) in [6.07, 6.45) is 4.61. The van der Waals surface area contributed by atoms with Gasteiger partial charge in [0.15, 0.2) is 0 Å². The zero-order valence-electron chi connectivity index (χ0n) is 14.4. The molecule has 0 spiro atoms. The Morgan fingerprint density at radius 2 is 2.30 bits per heavy atom. The Morgan fingerprint density at radius 1 is 1.37 bits per heavy atom. The minimum Gasteiger partial charge on any atom is -0.467 e. The number of carbonyl (C=O) groups is 1. The highest BCUT2D eigenvalue weighted by Gasteiger charge is 2.35. The molecule has 4 heterocycles. The average Bonchev–Trinajstić information content (AvgIpc) is 3.22. The standard InChI is InChI=1S/C18H17N5O2S2/c24-16(10-27-18-19-17(20-21-18)11-5-6-11)23-13(14-3-1-7-25-14)9-12(22-23)15-4-2-8-26-15/h1-4,7-8,11,13H,5-6,9-10H2,(H,19,20,21). The number of furan rings is 1. The van der Waals surface area contributed by atoms with Crippen molar-refractivity contribution in [3.63, 3.8) is 0 Å². The molecule has 0 radical (unpaired) electrons. The fourth-order valence-corrected chi connectivity index (χ4v) is 4.47. The average molecular weight is 400 g/mol. The summed E-state index contributed by atoms with van der Waals surface area (Å²) >= 11 is 2.96. The predicted molar refractivity (Wildman–Crippen MR) is 103 cm³/mol. The van der Waals surface area contributed by atoms with Crippen LogP contribution in [0.1, 0.15) is 47.7 Å². The van der Waals surface area contributed by atoms with Crippen molar-refractivity contribution >= 4 is 34.7 Å². The zero-order valence-corrected chi connectivity index (χ0v) is 16.0. The second kappa shape index (κ2) is 6.97. The second-order valence-electron chi connectivity index (χ2n) is 6.56. The van der Waals surface area contributed by atoms with Crippen molar-refractivity contribution in [2.45, 2.75) is 36.4 Å². The maximum atomic E-state index is 12.9. The highest BCUT2D eigenvalue weighted by Crippen LogP contribution is 2.38. The number of carbonyl (C=O) groups excluding carboxylic acids is 1. The maximum Gasteiger partial charge on any atom is 0.253 e. The van der Waals surface area contributed by atoms with Crippen LogP contribution in [0, 0.1) is 0 Å². The fraction of sp³-hybridized carbons (Fsp3) is 0.333. The quantitative estimate of drug-likeness (QED) is 0.637. The summed E-state index contributed by atoms with van der Waals surface area (Å²) in [4.78, 5) is 18.4. The SMILES string of the molecule is O=C(CSc1n[nH]c(C2CC2)n1)N1N=C(c2cccs2)CC1c1ccco1. The molecule has 27 heavy (non-hydrogen) atoms. The number of hydrazone groups is 1. The number of nitrogens with zero attached hydrogens (tertiary/aromatic N) is 4. The molecular weight excluding hydrogens is 382 g/mol. The van der Waals surface area contributed by atoms with Gasteiger partial charge in [-0.05, 0) is 36.4 Å². The molecule has 1 unspecified atom stereocenters. The number of amides is 1. The van der Waals surface area contributed by atoms with Crippen LogP contribution < -0.4 is 0 Å². The van der Waals surface area contributed by atoms with E-state index in [0.717, 1.165) is 35.0 Å². The van der Waals surface area contributed by atoms with Gasteiger partial charge in [-0.1, -0.05) is 17.8 Å². The predicted octanol–water partition coefficient (Wildman–Crippen LogP) is 3.81. The normalized spacial score (nSPS) is 19.5. The zero-order chi connectivity index (χ0) is 18.2. The van der Waals surface area contributed by atoms with Crippen LogP contribution in [0.25, 0.3) is 0 Å². The van der Waals surface area contributed by atoms with Gasteiger partial charge in [0.05, 0.1) is 22.6 Å². The van der Waals surface area contributed by atoms with Gasteiger partial charge in [-0.25, -0.2) is 9.99 Å². The molecule has 1 atom stereocenters. The first-order chi connectivity index (χ1) is 13.3. The van der Waals surface area contributed by atoms with Crippen LogP contribution >= 0.6 is 23.1 Å². The maximum absolute atomic E-state index is 12.9. The molecule has 1 amide bonds. The third-order valence-corrected chi connectivity index (χ3v) is 6.37. The minimum atomic E-state index is -0.209. The van der Waals surface area contributed by atoms with Crippen molar-refractivity contribution in [1.82, 2.24) is 20.2 Å². The van der Waals surface area contributed by atoms with Crippen molar-refractivity contribution in [3.8, 4) is 0 Å². The van der Waals surface area contributed by atoms with Crippen molar-refractivity contribution < 1.29 is 9.21 Å². The monoisotopic (exact) mass is 399 g/mol. The molecule has 0 saturated heterocycles. The molecule has 2 aliphatic rings. The van der Waals surface area contributed by atoms with Gasteiger partial charge in [0.25, 0.3) is 5.91 Å². The lowest BCUT2D eigenvalue weighted by Crippen LogP contribution is -2.28. The van der Waals surface area contributed by atoms with Gasteiger partial charge < -0.3 is 4.42 Å². The summed E-state index contributed by atoms with van der Waals surface area (Å²) in [5, 5.41) is 16.0.